The summed E-state index contributed by atoms with van der Waals surface area (Å²) >= 11 is 0. The molecule has 0 radical (unpaired) electrons. The van der Waals surface area contributed by atoms with Crippen molar-refractivity contribution in [2.24, 2.45) is 0 Å². The largest absolute Gasteiger partial charge is 0.394 e. The Morgan fingerprint density at radius 3 is 1.43 bits per heavy atom. The lowest BCUT2D eigenvalue weighted by Gasteiger charge is -2.20. The zero-order valence-electron chi connectivity index (χ0n) is 14.1. The molecule has 0 aromatic rings. The van der Waals surface area contributed by atoms with Crippen LogP contribution in [0.15, 0.2) is 25.3 Å². The lowest BCUT2D eigenvalue weighted by Crippen LogP contribution is -2.18. The molecule has 21 heavy (non-hydrogen) atoms. The van der Waals surface area contributed by atoms with Gasteiger partial charge in [0.05, 0.1) is 25.4 Å². The van der Waals surface area contributed by atoms with Crippen molar-refractivity contribution >= 4 is 0 Å². The highest BCUT2D eigenvalue weighted by molar-refractivity contribution is 4.86. The molecule has 0 saturated heterocycles. The van der Waals surface area contributed by atoms with Gasteiger partial charge in [0, 0.05) is 0 Å². The van der Waals surface area contributed by atoms with Gasteiger partial charge in [-0.1, -0.05) is 64.5 Å². The van der Waals surface area contributed by atoms with Crippen LogP contribution in [0.2, 0.25) is 0 Å². The predicted octanol–water partition coefficient (Wildman–Crippen LogP) is 4.24. The van der Waals surface area contributed by atoms with Crippen LogP contribution in [0.1, 0.15) is 65.2 Å². The minimum Gasteiger partial charge on any atom is -0.394 e. The molecule has 0 fully saturated rings. The van der Waals surface area contributed by atoms with E-state index in [1.54, 1.807) is 0 Å². The van der Waals surface area contributed by atoms with Gasteiger partial charge in [0.2, 0.25) is 0 Å². The minimum absolute atomic E-state index is 0.125. The van der Waals surface area contributed by atoms with Crippen LogP contribution < -0.4 is 0 Å². The first-order chi connectivity index (χ1) is 10.2. The Kier molecular flexibility index (Phi) is 20.9. The molecule has 2 unspecified atom stereocenters. The van der Waals surface area contributed by atoms with Gasteiger partial charge in [-0.3, -0.25) is 0 Å². The molecule has 3 nitrogen and oxygen atoms in total. The summed E-state index contributed by atoms with van der Waals surface area (Å²) in [6, 6.07) is 0. The van der Waals surface area contributed by atoms with E-state index in [4.69, 9.17) is 14.9 Å². The SMILES string of the molecule is C=CC(CCCCC)OC(C=C)CCCCC.OCCO. The highest BCUT2D eigenvalue weighted by Gasteiger charge is 2.10. The minimum atomic E-state index is -0.125. The normalized spacial score (nSPS) is 13.0. The highest BCUT2D eigenvalue weighted by Crippen LogP contribution is 2.14. The fourth-order valence-electron chi connectivity index (χ4n) is 1.90. The van der Waals surface area contributed by atoms with Gasteiger partial charge < -0.3 is 14.9 Å². The molecule has 0 aliphatic heterocycles. The fraction of sp³-hybridized carbons (Fsp3) is 0.778. The van der Waals surface area contributed by atoms with E-state index in [2.05, 4.69) is 27.0 Å². The van der Waals surface area contributed by atoms with E-state index < -0.39 is 0 Å². The molecule has 0 aliphatic carbocycles. The van der Waals surface area contributed by atoms with Crippen LogP contribution in [0.5, 0.6) is 0 Å². The molecular weight excluding hydrogens is 264 g/mol. The number of ether oxygens (including phenoxy) is 1. The third-order valence-corrected chi connectivity index (χ3v) is 3.16. The monoisotopic (exact) mass is 300 g/mol. The molecule has 0 amide bonds. The highest BCUT2D eigenvalue weighted by atomic mass is 16.5. The predicted molar refractivity (Wildman–Crippen MR) is 91.5 cm³/mol. The lowest BCUT2D eigenvalue weighted by atomic mass is 10.1. The molecule has 3 heteroatoms. The Labute approximate surface area is 131 Å². The van der Waals surface area contributed by atoms with Gasteiger partial charge in [-0.2, -0.15) is 0 Å². The van der Waals surface area contributed by atoms with Crippen molar-refractivity contribution in [3.8, 4) is 0 Å². The topological polar surface area (TPSA) is 49.7 Å². The van der Waals surface area contributed by atoms with Crippen molar-refractivity contribution in [3.05, 3.63) is 25.3 Å². The second kappa shape index (κ2) is 19.4. The van der Waals surface area contributed by atoms with Crippen LogP contribution in [0, 0.1) is 0 Å². The standard InChI is InChI=1S/C16H30O.C2H6O2/c1-5-9-11-13-15(7-3)17-16(8-4)14-12-10-6-2;3-1-2-4/h7-8,15-16H,3-6,9-14H2,1-2H3;3-4H,1-2H2. The first-order valence-electron chi connectivity index (χ1n) is 8.32. The molecule has 0 spiro atoms. The lowest BCUT2D eigenvalue weighted by molar-refractivity contribution is 0.0300. The van der Waals surface area contributed by atoms with Gasteiger partial charge in [0.15, 0.2) is 0 Å². The fourth-order valence-corrected chi connectivity index (χ4v) is 1.90. The van der Waals surface area contributed by atoms with Crippen LogP contribution in [0.25, 0.3) is 0 Å². The molecule has 2 atom stereocenters. The van der Waals surface area contributed by atoms with Crippen molar-refractivity contribution < 1.29 is 14.9 Å². The maximum absolute atomic E-state index is 7.62. The number of hydrogen-bond acceptors (Lipinski definition) is 3. The number of rotatable bonds is 13. The van der Waals surface area contributed by atoms with Crippen molar-refractivity contribution in [3.63, 3.8) is 0 Å². The third-order valence-electron chi connectivity index (χ3n) is 3.16. The third kappa shape index (κ3) is 17.3. The Hall–Kier alpha value is -0.640. The summed E-state index contributed by atoms with van der Waals surface area (Å²) in [4.78, 5) is 0. The first-order valence-corrected chi connectivity index (χ1v) is 8.32. The summed E-state index contributed by atoms with van der Waals surface area (Å²) < 4.78 is 6.01. The number of aliphatic hydroxyl groups excluding tert-OH is 2. The second-order valence-corrected chi connectivity index (χ2v) is 5.12. The molecule has 2 N–H and O–H groups in total. The molecule has 0 bridgehead atoms. The van der Waals surface area contributed by atoms with E-state index in [0.29, 0.717) is 0 Å². The molecular formula is C18H36O3. The summed E-state index contributed by atoms with van der Waals surface area (Å²) in [6.45, 7) is 11.9. The van der Waals surface area contributed by atoms with E-state index in [1.807, 2.05) is 12.2 Å². The Bertz CT molecular complexity index is 195. The van der Waals surface area contributed by atoms with Crippen LogP contribution in [-0.2, 0) is 4.74 Å². The average molecular weight is 300 g/mol. The zero-order valence-corrected chi connectivity index (χ0v) is 14.1. The Morgan fingerprint density at radius 2 is 1.19 bits per heavy atom. The smallest absolute Gasteiger partial charge is 0.0761 e. The molecule has 0 aromatic carbocycles. The van der Waals surface area contributed by atoms with E-state index in [1.165, 1.54) is 38.5 Å². The molecule has 126 valence electrons. The van der Waals surface area contributed by atoms with Crippen molar-refractivity contribution in [1.29, 1.82) is 0 Å². The molecule has 0 aliphatic rings. The first kappa shape index (κ1) is 22.6. The molecule has 0 heterocycles. The van der Waals surface area contributed by atoms with E-state index >= 15 is 0 Å². The summed E-state index contributed by atoms with van der Waals surface area (Å²) in [5.74, 6) is 0. The van der Waals surface area contributed by atoms with Crippen LogP contribution in [0.4, 0.5) is 0 Å². The molecule has 0 rings (SSSR count). The number of aliphatic hydroxyl groups is 2. The van der Waals surface area contributed by atoms with Crippen molar-refractivity contribution in [1.82, 2.24) is 0 Å². The van der Waals surface area contributed by atoms with Gasteiger partial charge >= 0.3 is 0 Å². The average Bonchev–Trinajstić information content (AvgIpc) is 2.53. The van der Waals surface area contributed by atoms with Crippen molar-refractivity contribution in [2.45, 2.75) is 77.4 Å². The van der Waals surface area contributed by atoms with Crippen LogP contribution in [0.3, 0.4) is 0 Å². The molecule has 0 aromatic heterocycles. The Balaban J connectivity index is 0. The van der Waals surface area contributed by atoms with Crippen molar-refractivity contribution in [2.75, 3.05) is 13.2 Å². The number of unbranched alkanes of at least 4 members (excludes halogenated alkanes) is 4. The van der Waals surface area contributed by atoms with Gasteiger partial charge in [0.1, 0.15) is 0 Å². The second-order valence-electron chi connectivity index (χ2n) is 5.12. The van der Waals surface area contributed by atoms with Crippen LogP contribution in [-0.4, -0.2) is 35.6 Å². The van der Waals surface area contributed by atoms with Gasteiger partial charge in [-0.15, -0.1) is 13.2 Å². The van der Waals surface area contributed by atoms with Gasteiger partial charge in [0.25, 0.3) is 0 Å². The molecule has 0 saturated carbocycles. The maximum atomic E-state index is 7.62. The van der Waals surface area contributed by atoms with E-state index in [9.17, 15) is 0 Å². The van der Waals surface area contributed by atoms with Crippen LogP contribution >= 0.6 is 0 Å². The van der Waals surface area contributed by atoms with Gasteiger partial charge in [-0.25, -0.2) is 0 Å². The number of hydrogen-bond donors (Lipinski definition) is 2. The maximum Gasteiger partial charge on any atom is 0.0761 e. The van der Waals surface area contributed by atoms with E-state index in [0.717, 1.165) is 12.8 Å². The van der Waals surface area contributed by atoms with Gasteiger partial charge in [-0.05, 0) is 12.8 Å². The summed E-state index contributed by atoms with van der Waals surface area (Å²) in [5, 5.41) is 15.2. The van der Waals surface area contributed by atoms with E-state index in [-0.39, 0.29) is 25.4 Å². The quantitative estimate of drug-likeness (QED) is 0.395. The summed E-state index contributed by atoms with van der Waals surface area (Å²) in [5.41, 5.74) is 0. The summed E-state index contributed by atoms with van der Waals surface area (Å²) in [7, 11) is 0. The Morgan fingerprint density at radius 1 is 0.810 bits per heavy atom. The zero-order chi connectivity index (χ0) is 16.3. The summed E-state index contributed by atoms with van der Waals surface area (Å²) in [6.07, 6.45) is 14.0.